The summed E-state index contributed by atoms with van der Waals surface area (Å²) in [5, 5.41) is 2.99. The SMILES string of the molecule is CSc1ccc(C2c3[nH]c4ccccc4c3CCN2S(=O)(=O)c2cccs2)cc1. The average Bonchev–Trinajstić information content (AvgIpc) is 3.41. The van der Waals surface area contributed by atoms with Gasteiger partial charge in [-0.3, -0.25) is 0 Å². The van der Waals surface area contributed by atoms with Gasteiger partial charge < -0.3 is 4.98 Å². The molecule has 5 rings (SSSR count). The summed E-state index contributed by atoms with van der Waals surface area (Å²) < 4.78 is 29.0. The van der Waals surface area contributed by atoms with Crippen molar-refractivity contribution in [3.8, 4) is 0 Å². The fourth-order valence-corrected chi connectivity index (χ4v) is 7.24. The van der Waals surface area contributed by atoms with Crippen LogP contribution in [0.3, 0.4) is 0 Å². The van der Waals surface area contributed by atoms with Gasteiger partial charge in [0.05, 0.1) is 6.04 Å². The quantitative estimate of drug-likeness (QED) is 0.439. The molecule has 1 atom stereocenters. The lowest BCUT2D eigenvalue weighted by Crippen LogP contribution is -2.40. The van der Waals surface area contributed by atoms with Gasteiger partial charge >= 0.3 is 0 Å². The van der Waals surface area contributed by atoms with Crippen LogP contribution >= 0.6 is 23.1 Å². The third kappa shape index (κ3) is 3.13. The number of hydrogen-bond donors (Lipinski definition) is 1. The fraction of sp³-hybridized carbons (Fsp3) is 0.182. The maximum atomic E-state index is 13.5. The Morgan fingerprint density at radius 1 is 1.07 bits per heavy atom. The monoisotopic (exact) mass is 440 g/mol. The van der Waals surface area contributed by atoms with Crippen LogP contribution in [0.5, 0.6) is 0 Å². The molecule has 29 heavy (non-hydrogen) atoms. The Hall–Kier alpha value is -2.06. The minimum absolute atomic E-state index is 0.367. The van der Waals surface area contributed by atoms with E-state index in [2.05, 4.69) is 29.2 Å². The van der Waals surface area contributed by atoms with E-state index < -0.39 is 10.0 Å². The molecule has 1 unspecified atom stereocenters. The normalized spacial score (nSPS) is 17.5. The summed E-state index contributed by atoms with van der Waals surface area (Å²) in [6.07, 6.45) is 2.74. The number of aromatic amines is 1. The van der Waals surface area contributed by atoms with Gasteiger partial charge in [0.2, 0.25) is 0 Å². The average molecular weight is 441 g/mol. The highest BCUT2D eigenvalue weighted by Gasteiger charge is 2.39. The van der Waals surface area contributed by atoms with Crippen LogP contribution in [0.15, 0.2) is 75.1 Å². The van der Waals surface area contributed by atoms with Gasteiger partial charge in [-0.15, -0.1) is 23.1 Å². The molecule has 0 radical (unpaired) electrons. The van der Waals surface area contributed by atoms with Crippen LogP contribution in [0.1, 0.15) is 22.9 Å². The number of thioether (sulfide) groups is 1. The van der Waals surface area contributed by atoms with Gasteiger partial charge in [-0.25, -0.2) is 8.42 Å². The van der Waals surface area contributed by atoms with E-state index >= 15 is 0 Å². The molecule has 0 amide bonds. The summed E-state index contributed by atoms with van der Waals surface area (Å²) in [4.78, 5) is 4.69. The third-order valence-corrected chi connectivity index (χ3v) is 9.46. The molecule has 1 N–H and O–H groups in total. The van der Waals surface area contributed by atoms with Gasteiger partial charge in [0.15, 0.2) is 0 Å². The lowest BCUT2D eigenvalue weighted by atomic mass is 9.94. The number of sulfonamides is 1. The number of nitrogens with zero attached hydrogens (tertiary/aromatic N) is 1. The molecule has 4 nitrogen and oxygen atoms in total. The zero-order chi connectivity index (χ0) is 20.0. The van der Waals surface area contributed by atoms with Crippen molar-refractivity contribution in [3.05, 3.63) is 82.9 Å². The second-order valence-corrected chi connectivity index (χ2v) is 11.0. The number of aromatic nitrogens is 1. The van der Waals surface area contributed by atoms with Crippen LogP contribution in [-0.4, -0.2) is 30.5 Å². The van der Waals surface area contributed by atoms with Crippen LogP contribution < -0.4 is 0 Å². The Morgan fingerprint density at radius 2 is 1.86 bits per heavy atom. The summed E-state index contributed by atoms with van der Waals surface area (Å²) in [5.41, 5.74) is 4.24. The van der Waals surface area contributed by atoms with E-state index in [4.69, 9.17) is 0 Å². The molecule has 2 aromatic heterocycles. The first-order chi connectivity index (χ1) is 14.1. The highest BCUT2D eigenvalue weighted by atomic mass is 32.2. The molecule has 3 heterocycles. The van der Waals surface area contributed by atoms with Crippen molar-refractivity contribution in [2.45, 2.75) is 21.6 Å². The summed E-state index contributed by atoms with van der Waals surface area (Å²) in [5.74, 6) is 0. The van der Waals surface area contributed by atoms with Crippen LogP contribution in [0.4, 0.5) is 0 Å². The van der Waals surface area contributed by atoms with Gasteiger partial charge in [-0.2, -0.15) is 4.31 Å². The fourth-order valence-electron chi connectivity index (χ4n) is 4.12. The summed E-state index contributed by atoms with van der Waals surface area (Å²) >= 11 is 2.95. The van der Waals surface area contributed by atoms with Gasteiger partial charge in [-0.05, 0) is 53.4 Å². The van der Waals surface area contributed by atoms with E-state index in [0.717, 1.165) is 21.7 Å². The topological polar surface area (TPSA) is 53.2 Å². The van der Waals surface area contributed by atoms with Crippen molar-refractivity contribution in [2.24, 2.45) is 0 Å². The summed E-state index contributed by atoms with van der Waals surface area (Å²) in [6.45, 7) is 0.462. The maximum absolute atomic E-state index is 13.5. The van der Waals surface area contributed by atoms with Gasteiger partial charge in [0.25, 0.3) is 10.0 Å². The van der Waals surface area contributed by atoms with Crippen LogP contribution in [0.2, 0.25) is 0 Å². The molecule has 0 saturated heterocycles. The smallest absolute Gasteiger partial charge is 0.253 e. The molecule has 1 aliphatic heterocycles. The Labute approximate surface area is 178 Å². The van der Waals surface area contributed by atoms with E-state index in [1.54, 1.807) is 28.2 Å². The van der Waals surface area contributed by atoms with Gasteiger partial charge in [0.1, 0.15) is 4.21 Å². The second-order valence-electron chi connectivity index (χ2n) is 7.04. The minimum atomic E-state index is -3.59. The van der Waals surface area contributed by atoms with E-state index in [1.807, 2.05) is 35.9 Å². The van der Waals surface area contributed by atoms with Crippen LogP contribution in [-0.2, 0) is 16.4 Å². The molecule has 0 aliphatic carbocycles. The molecule has 0 bridgehead atoms. The molecule has 0 fully saturated rings. The molecular formula is C22H20N2O2S3. The number of thiophene rings is 1. The molecule has 1 aliphatic rings. The molecule has 0 spiro atoms. The zero-order valence-electron chi connectivity index (χ0n) is 15.8. The van der Waals surface area contributed by atoms with Crippen molar-refractivity contribution in [1.82, 2.24) is 9.29 Å². The van der Waals surface area contributed by atoms with E-state index in [0.29, 0.717) is 17.2 Å². The number of H-pyrrole nitrogens is 1. The highest BCUT2D eigenvalue weighted by Crippen LogP contribution is 2.41. The number of hydrogen-bond acceptors (Lipinski definition) is 4. The van der Waals surface area contributed by atoms with Crippen LogP contribution in [0, 0.1) is 0 Å². The first-order valence-corrected chi connectivity index (χ1v) is 12.9. The minimum Gasteiger partial charge on any atom is -0.357 e. The van der Waals surface area contributed by atoms with Crippen molar-refractivity contribution >= 4 is 44.0 Å². The van der Waals surface area contributed by atoms with Crippen LogP contribution in [0.25, 0.3) is 10.9 Å². The molecule has 7 heteroatoms. The Morgan fingerprint density at radius 3 is 2.59 bits per heavy atom. The summed E-state index contributed by atoms with van der Waals surface area (Å²) in [7, 11) is -3.59. The highest BCUT2D eigenvalue weighted by molar-refractivity contribution is 7.98. The number of para-hydroxylation sites is 1. The number of rotatable bonds is 4. The maximum Gasteiger partial charge on any atom is 0.253 e. The number of benzene rings is 2. The van der Waals surface area contributed by atoms with Crippen molar-refractivity contribution in [2.75, 3.05) is 12.8 Å². The number of fused-ring (bicyclic) bond motifs is 3. The third-order valence-electron chi connectivity index (χ3n) is 5.48. The zero-order valence-corrected chi connectivity index (χ0v) is 18.3. The lowest BCUT2D eigenvalue weighted by Gasteiger charge is -2.35. The van der Waals surface area contributed by atoms with Crippen molar-refractivity contribution in [3.63, 3.8) is 0 Å². The van der Waals surface area contributed by atoms with E-state index in [-0.39, 0.29) is 6.04 Å². The standard InChI is InChI=1S/C22H20N2O2S3/c1-27-16-10-8-15(9-11-16)22-21-18(17-5-2-3-6-19(17)23-21)12-13-24(22)29(25,26)20-7-4-14-28-20/h2-11,14,22-23H,12-13H2,1H3. The molecule has 0 saturated carbocycles. The van der Waals surface area contributed by atoms with Gasteiger partial charge in [-0.1, -0.05) is 36.4 Å². The summed E-state index contributed by atoms with van der Waals surface area (Å²) in [6, 6.07) is 19.5. The predicted octanol–water partition coefficient (Wildman–Crippen LogP) is 5.29. The first kappa shape index (κ1) is 18.9. The largest absolute Gasteiger partial charge is 0.357 e. The molecule has 148 valence electrons. The Balaban J connectivity index is 1.71. The van der Waals surface area contributed by atoms with E-state index in [1.165, 1.54) is 22.3 Å². The van der Waals surface area contributed by atoms with Crippen molar-refractivity contribution in [1.29, 1.82) is 0 Å². The predicted molar refractivity (Wildman–Crippen MR) is 120 cm³/mol. The van der Waals surface area contributed by atoms with E-state index in [9.17, 15) is 8.42 Å². The molecule has 2 aromatic carbocycles. The Kier molecular flexibility index (Phi) is 4.78. The molecule has 4 aromatic rings. The first-order valence-electron chi connectivity index (χ1n) is 9.38. The van der Waals surface area contributed by atoms with Crippen molar-refractivity contribution < 1.29 is 8.42 Å². The van der Waals surface area contributed by atoms with Gasteiger partial charge in [0, 0.05) is 28.0 Å². The Bertz CT molecular complexity index is 1260. The second kappa shape index (κ2) is 7.32. The lowest BCUT2D eigenvalue weighted by molar-refractivity contribution is 0.341. The molecular weight excluding hydrogens is 420 g/mol. The number of nitrogens with one attached hydrogen (secondary N) is 1.